The molecule has 198 valence electrons. The standard InChI is InChI=1S/C34H37N5/c1-21(2)25-13-10-14-26-22(3)27-15-11-17-29-32(27)38(33-35-18-19-37(33)31(25)26)23(4)39(29)34(5,6)30-20-24-12-8-9-16-28(24)36(30)7/h8-23H,1-7H3. The number of para-hydroxylation sites is 3. The normalized spacial score (nSPS) is 18.3. The Morgan fingerprint density at radius 2 is 1.59 bits per heavy atom. The molecule has 0 fully saturated rings. The molecule has 5 aromatic rings. The Labute approximate surface area is 231 Å². The number of imidazole rings is 1. The van der Waals surface area contributed by atoms with E-state index in [9.17, 15) is 0 Å². The average Bonchev–Trinajstić information content (AvgIpc) is 3.60. The van der Waals surface area contributed by atoms with Gasteiger partial charge in [0.05, 0.1) is 22.6 Å². The Morgan fingerprint density at radius 3 is 2.33 bits per heavy atom. The molecule has 5 nitrogen and oxygen atoms in total. The zero-order valence-corrected chi connectivity index (χ0v) is 24.0. The van der Waals surface area contributed by atoms with Gasteiger partial charge in [-0.1, -0.05) is 69.3 Å². The lowest BCUT2D eigenvalue weighted by Gasteiger charge is -2.42. The van der Waals surface area contributed by atoms with Crippen LogP contribution < -0.4 is 9.80 Å². The molecule has 39 heavy (non-hydrogen) atoms. The fraction of sp³-hybridized carbons (Fsp3) is 0.324. The van der Waals surface area contributed by atoms with Crippen molar-refractivity contribution in [1.29, 1.82) is 0 Å². The number of benzene rings is 3. The van der Waals surface area contributed by atoms with Gasteiger partial charge in [-0.3, -0.25) is 9.47 Å². The molecular formula is C34H37N5. The lowest BCUT2D eigenvalue weighted by molar-refractivity contribution is 0.425. The van der Waals surface area contributed by atoms with Gasteiger partial charge in [0.1, 0.15) is 6.17 Å². The topological polar surface area (TPSA) is 29.2 Å². The molecule has 2 unspecified atom stereocenters. The van der Waals surface area contributed by atoms with Gasteiger partial charge in [0.2, 0.25) is 5.95 Å². The molecule has 0 spiro atoms. The molecule has 2 atom stereocenters. The largest absolute Gasteiger partial charge is 0.346 e. The number of anilines is 3. The first-order chi connectivity index (χ1) is 18.7. The van der Waals surface area contributed by atoms with E-state index in [2.05, 4.69) is 140 Å². The monoisotopic (exact) mass is 515 g/mol. The van der Waals surface area contributed by atoms with Crippen molar-refractivity contribution in [2.24, 2.45) is 7.05 Å². The van der Waals surface area contributed by atoms with E-state index >= 15 is 0 Å². The van der Waals surface area contributed by atoms with E-state index in [4.69, 9.17) is 4.98 Å². The van der Waals surface area contributed by atoms with Gasteiger partial charge in [-0.2, -0.15) is 0 Å². The van der Waals surface area contributed by atoms with Crippen molar-refractivity contribution in [3.05, 3.63) is 102 Å². The van der Waals surface area contributed by atoms with Crippen molar-refractivity contribution in [2.75, 3.05) is 9.80 Å². The van der Waals surface area contributed by atoms with Crippen LogP contribution in [0.4, 0.5) is 17.3 Å². The summed E-state index contributed by atoms with van der Waals surface area (Å²) in [6, 6.07) is 24.7. The first-order valence-electron chi connectivity index (χ1n) is 14.1. The van der Waals surface area contributed by atoms with Crippen molar-refractivity contribution < 1.29 is 0 Å². The predicted octanol–water partition coefficient (Wildman–Crippen LogP) is 8.19. The number of hydrogen-bond donors (Lipinski definition) is 0. The first-order valence-corrected chi connectivity index (χ1v) is 14.1. The molecule has 0 radical (unpaired) electrons. The molecule has 0 saturated carbocycles. The minimum atomic E-state index is -0.278. The van der Waals surface area contributed by atoms with Crippen molar-refractivity contribution in [3.63, 3.8) is 0 Å². The van der Waals surface area contributed by atoms with Gasteiger partial charge >= 0.3 is 0 Å². The van der Waals surface area contributed by atoms with Crippen LogP contribution in [0.25, 0.3) is 16.6 Å². The van der Waals surface area contributed by atoms with E-state index in [-0.39, 0.29) is 17.6 Å². The molecule has 3 aromatic carbocycles. The summed E-state index contributed by atoms with van der Waals surface area (Å²) in [5.74, 6) is 1.62. The van der Waals surface area contributed by atoms with E-state index in [0.717, 1.165) is 5.95 Å². The average molecular weight is 516 g/mol. The molecule has 0 saturated heterocycles. The molecule has 0 amide bonds. The highest BCUT2D eigenvalue weighted by atomic mass is 15.5. The maximum absolute atomic E-state index is 5.02. The van der Waals surface area contributed by atoms with Crippen LogP contribution in [0.5, 0.6) is 0 Å². The maximum Gasteiger partial charge on any atom is 0.216 e. The minimum Gasteiger partial charge on any atom is -0.346 e. The maximum atomic E-state index is 5.02. The summed E-state index contributed by atoms with van der Waals surface area (Å²) in [6.45, 7) is 14.0. The fourth-order valence-electron chi connectivity index (χ4n) is 7.38. The van der Waals surface area contributed by atoms with E-state index in [0.29, 0.717) is 5.92 Å². The summed E-state index contributed by atoms with van der Waals surface area (Å²) in [5.41, 5.74) is 10.2. The Morgan fingerprint density at radius 1 is 0.872 bits per heavy atom. The fourth-order valence-corrected chi connectivity index (χ4v) is 7.38. The smallest absolute Gasteiger partial charge is 0.216 e. The van der Waals surface area contributed by atoms with Crippen molar-refractivity contribution in [2.45, 2.75) is 65.1 Å². The summed E-state index contributed by atoms with van der Waals surface area (Å²) < 4.78 is 4.70. The molecule has 7 rings (SSSR count). The Bertz CT molecular complexity index is 1740. The first kappa shape index (κ1) is 24.1. The van der Waals surface area contributed by atoms with Crippen LogP contribution in [0, 0.1) is 0 Å². The van der Waals surface area contributed by atoms with Crippen LogP contribution in [-0.2, 0) is 12.6 Å². The lowest BCUT2D eigenvalue weighted by atomic mass is 9.86. The molecule has 0 N–H and O–H groups in total. The highest BCUT2D eigenvalue weighted by Crippen LogP contribution is 2.55. The highest BCUT2D eigenvalue weighted by Gasteiger charge is 2.47. The predicted molar refractivity (Wildman–Crippen MR) is 162 cm³/mol. The summed E-state index contributed by atoms with van der Waals surface area (Å²) in [5, 5.41) is 1.28. The van der Waals surface area contributed by atoms with Crippen LogP contribution in [0.15, 0.2) is 79.1 Å². The number of hydrogen-bond acceptors (Lipinski definition) is 3. The van der Waals surface area contributed by atoms with E-state index < -0.39 is 0 Å². The van der Waals surface area contributed by atoms with E-state index in [1.165, 1.54) is 50.3 Å². The quantitative estimate of drug-likeness (QED) is 0.243. The third-order valence-corrected chi connectivity index (χ3v) is 9.21. The van der Waals surface area contributed by atoms with Gasteiger partial charge in [0.15, 0.2) is 0 Å². The van der Waals surface area contributed by atoms with Crippen LogP contribution in [-0.4, -0.2) is 20.3 Å². The molecule has 0 bridgehead atoms. The number of nitrogens with zero attached hydrogens (tertiary/aromatic N) is 5. The van der Waals surface area contributed by atoms with Gasteiger partial charge < -0.3 is 9.47 Å². The second-order valence-electron chi connectivity index (χ2n) is 12.1. The summed E-state index contributed by atoms with van der Waals surface area (Å²) >= 11 is 0. The molecule has 2 aromatic heterocycles. The Hall–Kier alpha value is -3.99. The van der Waals surface area contributed by atoms with Crippen LogP contribution in [0.2, 0.25) is 0 Å². The summed E-state index contributed by atoms with van der Waals surface area (Å²) in [6.07, 6.45) is 4.17. The summed E-state index contributed by atoms with van der Waals surface area (Å²) in [4.78, 5) is 10.1. The van der Waals surface area contributed by atoms with E-state index in [1.54, 1.807) is 0 Å². The second kappa shape index (κ2) is 8.25. The lowest BCUT2D eigenvalue weighted by Crippen LogP contribution is -2.50. The number of aryl methyl sites for hydroxylation is 1. The van der Waals surface area contributed by atoms with Gasteiger partial charge in [-0.15, -0.1) is 0 Å². The summed E-state index contributed by atoms with van der Waals surface area (Å²) in [7, 11) is 2.20. The number of aromatic nitrogens is 3. The molecular weight excluding hydrogens is 478 g/mol. The minimum absolute atomic E-state index is 0.0651. The number of rotatable bonds is 3. The third kappa shape index (κ3) is 3.16. The van der Waals surface area contributed by atoms with E-state index in [1.807, 2.05) is 6.20 Å². The number of fused-ring (bicyclic) bond motifs is 5. The molecule has 2 aliphatic rings. The second-order valence-corrected chi connectivity index (χ2v) is 12.1. The molecule has 0 aliphatic carbocycles. The van der Waals surface area contributed by atoms with Crippen LogP contribution in [0.1, 0.15) is 75.8 Å². The highest BCUT2D eigenvalue weighted by molar-refractivity contribution is 5.88. The van der Waals surface area contributed by atoms with Gasteiger partial charge in [0, 0.05) is 36.6 Å². The van der Waals surface area contributed by atoms with Crippen molar-refractivity contribution >= 4 is 28.2 Å². The van der Waals surface area contributed by atoms with Gasteiger partial charge in [-0.25, -0.2) is 4.98 Å². The Balaban J connectivity index is 1.49. The zero-order chi connectivity index (χ0) is 27.2. The molecule has 4 heterocycles. The van der Waals surface area contributed by atoms with Crippen LogP contribution >= 0.6 is 0 Å². The SMILES string of the molecule is CC(C)c1cccc2c1-n1ccnc1N1c3c(cccc3N(C(C)(C)c3cc4ccccc4n3C)C1C)C2C. The molecule has 2 aliphatic heterocycles. The van der Waals surface area contributed by atoms with Gasteiger partial charge in [0.25, 0.3) is 0 Å². The third-order valence-electron chi connectivity index (χ3n) is 9.21. The molecule has 5 heteroatoms. The van der Waals surface area contributed by atoms with Gasteiger partial charge in [-0.05, 0) is 67.0 Å². The Kier molecular flexibility index (Phi) is 5.10. The van der Waals surface area contributed by atoms with Crippen molar-refractivity contribution in [1.82, 2.24) is 14.1 Å². The van der Waals surface area contributed by atoms with Crippen molar-refractivity contribution in [3.8, 4) is 5.69 Å². The van der Waals surface area contributed by atoms with Crippen LogP contribution in [0.3, 0.4) is 0 Å². The zero-order valence-electron chi connectivity index (χ0n) is 24.0.